The van der Waals surface area contributed by atoms with Crippen LogP contribution in [0.4, 0.5) is 0 Å². The second-order valence-corrected chi connectivity index (χ2v) is 7.99. The molecule has 0 saturated carbocycles. The molecule has 0 aliphatic heterocycles. The highest BCUT2D eigenvalue weighted by atomic mass is 127. The molecule has 0 saturated heterocycles. The Bertz CT molecular complexity index is 665. The van der Waals surface area contributed by atoms with Gasteiger partial charge in [0.2, 0.25) is 0 Å². The molecular formula is C13H15IN2O2S. The van der Waals surface area contributed by atoms with Crippen molar-refractivity contribution in [3.05, 3.63) is 40.2 Å². The van der Waals surface area contributed by atoms with Gasteiger partial charge in [-0.05, 0) is 46.7 Å². The van der Waals surface area contributed by atoms with Crippen LogP contribution in [0.15, 0.2) is 36.7 Å². The SMILES string of the molecule is CS(=O)(=O)CCCn1cc(-c2cccc(I)c2)cn1. The molecule has 6 heteroatoms. The average molecular weight is 390 g/mol. The standard InChI is InChI=1S/C13H15IN2O2S/c1-19(17,18)7-3-6-16-10-12(9-15-16)11-4-2-5-13(14)8-11/h2,4-5,8-10H,3,6-7H2,1H3. The van der Waals surface area contributed by atoms with E-state index in [2.05, 4.69) is 33.8 Å². The zero-order valence-electron chi connectivity index (χ0n) is 10.6. The maximum Gasteiger partial charge on any atom is 0.147 e. The van der Waals surface area contributed by atoms with Gasteiger partial charge in [-0.2, -0.15) is 5.10 Å². The van der Waals surface area contributed by atoms with Crippen molar-refractivity contribution in [2.75, 3.05) is 12.0 Å². The fourth-order valence-corrected chi connectivity index (χ4v) is 2.99. The van der Waals surface area contributed by atoms with E-state index in [4.69, 9.17) is 0 Å². The van der Waals surface area contributed by atoms with E-state index in [1.165, 1.54) is 9.83 Å². The summed E-state index contributed by atoms with van der Waals surface area (Å²) in [6.07, 6.45) is 5.61. The van der Waals surface area contributed by atoms with Crippen molar-refractivity contribution >= 4 is 32.4 Å². The number of hydrogen-bond acceptors (Lipinski definition) is 3. The highest BCUT2D eigenvalue weighted by Crippen LogP contribution is 2.20. The molecule has 1 aromatic carbocycles. The molecule has 0 radical (unpaired) electrons. The first kappa shape index (κ1) is 14.5. The van der Waals surface area contributed by atoms with E-state index in [9.17, 15) is 8.42 Å². The van der Waals surface area contributed by atoms with Gasteiger partial charge in [0, 0.05) is 28.1 Å². The molecule has 19 heavy (non-hydrogen) atoms. The van der Waals surface area contributed by atoms with E-state index >= 15 is 0 Å². The second kappa shape index (κ2) is 6.04. The summed E-state index contributed by atoms with van der Waals surface area (Å²) < 4.78 is 25.1. The Labute approximate surface area is 126 Å². The fraction of sp³-hybridized carbons (Fsp3) is 0.308. The molecule has 1 heterocycles. The number of rotatable bonds is 5. The monoisotopic (exact) mass is 390 g/mol. The Kier molecular flexibility index (Phi) is 4.62. The van der Waals surface area contributed by atoms with Gasteiger partial charge < -0.3 is 0 Å². The predicted molar refractivity (Wildman–Crippen MR) is 84.7 cm³/mol. The molecular weight excluding hydrogens is 375 g/mol. The summed E-state index contributed by atoms with van der Waals surface area (Å²) in [5.74, 6) is 0.200. The lowest BCUT2D eigenvalue weighted by molar-refractivity contribution is 0.576. The number of aromatic nitrogens is 2. The number of halogens is 1. The highest BCUT2D eigenvalue weighted by molar-refractivity contribution is 14.1. The van der Waals surface area contributed by atoms with Gasteiger partial charge in [0.05, 0.1) is 11.9 Å². The van der Waals surface area contributed by atoms with E-state index < -0.39 is 9.84 Å². The maximum atomic E-state index is 11.1. The molecule has 0 atom stereocenters. The summed E-state index contributed by atoms with van der Waals surface area (Å²) >= 11 is 2.28. The van der Waals surface area contributed by atoms with Gasteiger partial charge in [-0.1, -0.05) is 12.1 Å². The fourth-order valence-electron chi connectivity index (χ4n) is 1.79. The van der Waals surface area contributed by atoms with E-state index in [1.54, 1.807) is 4.68 Å². The lowest BCUT2D eigenvalue weighted by atomic mass is 10.1. The van der Waals surface area contributed by atoms with Crippen molar-refractivity contribution in [1.29, 1.82) is 0 Å². The first-order chi connectivity index (χ1) is 8.94. The molecule has 1 aromatic heterocycles. The van der Waals surface area contributed by atoms with Gasteiger partial charge in [-0.3, -0.25) is 4.68 Å². The third-order valence-corrected chi connectivity index (χ3v) is 4.39. The lowest BCUT2D eigenvalue weighted by Crippen LogP contribution is -2.07. The Hall–Kier alpha value is -0.890. The minimum absolute atomic E-state index is 0.200. The molecule has 2 rings (SSSR count). The van der Waals surface area contributed by atoms with Gasteiger partial charge in [0.1, 0.15) is 9.84 Å². The van der Waals surface area contributed by atoms with E-state index in [0.717, 1.165) is 11.1 Å². The first-order valence-electron chi connectivity index (χ1n) is 5.90. The summed E-state index contributed by atoms with van der Waals surface area (Å²) in [5.41, 5.74) is 2.18. The van der Waals surface area contributed by atoms with Crippen molar-refractivity contribution in [2.45, 2.75) is 13.0 Å². The van der Waals surface area contributed by atoms with Crippen LogP contribution >= 0.6 is 22.6 Å². The van der Waals surface area contributed by atoms with Crippen LogP contribution in [0.25, 0.3) is 11.1 Å². The summed E-state index contributed by atoms with van der Waals surface area (Å²) in [4.78, 5) is 0. The summed E-state index contributed by atoms with van der Waals surface area (Å²) in [6.45, 7) is 0.622. The molecule has 0 aliphatic rings. The topological polar surface area (TPSA) is 52.0 Å². The Morgan fingerprint density at radius 1 is 1.32 bits per heavy atom. The molecule has 2 aromatic rings. The summed E-state index contributed by atoms with van der Waals surface area (Å²) in [6, 6.07) is 8.19. The van der Waals surface area contributed by atoms with E-state index in [-0.39, 0.29) is 5.75 Å². The highest BCUT2D eigenvalue weighted by Gasteiger charge is 2.04. The minimum atomic E-state index is -2.89. The molecule has 0 fully saturated rings. The third kappa shape index (κ3) is 4.61. The number of sulfone groups is 1. The Morgan fingerprint density at radius 2 is 2.11 bits per heavy atom. The summed E-state index contributed by atoms with van der Waals surface area (Å²) in [7, 11) is -2.89. The van der Waals surface area contributed by atoms with Gasteiger partial charge in [0.15, 0.2) is 0 Å². The quantitative estimate of drug-likeness (QED) is 0.738. The number of nitrogens with zero attached hydrogens (tertiary/aromatic N) is 2. The zero-order valence-corrected chi connectivity index (χ0v) is 13.6. The lowest BCUT2D eigenvalue weighted by Gasteiger charge is -2.00. The second-order valence-electron chi connectivity index (χ2n) is 4.49. The minimum Gasteiger partial charge on any atom is -0.272 e. The molecule has 0 N–H and O–H groups in total. The van der Waals surface area contributed by atoms with Gasteiger partial charge >= 0.3 is 0 Å². The number of aryl methyl sites for hydroxylation is 1. The van der Waals surface area contributed by atoms with Crippen molar-refractivity contribution in [2.24, 2.45) is 0 Å². The molecule has 0 aliphatic carbocycles. The van der Waals surface area contributed by atoms with Gasteiger partial charge in [-0.25, -0.2) is 8.42 Å². The molecule has 0 spiro atoms. The van der Waals surface area contributed by atoms with E-state index in [0.29, 0.717) is 13.0 Å². The van der Waals surface area contributed by atoms with Crippen molar-refractivity contribution < 1.29 is 8.42 Å². The molecule has 4 nitrogen and oxygen atoms in total. The molecule has 0 amide bonds. The van der Waals surface area contributed by atoms with Crippen LogP contribution in [-0.2, 0) is 16.4 Å². The van der Waals surface area contributed by atoms with Gasteiger partial charge in [0.25, 0.3) is 0 Å². The van der Waals surface area contributed by atoms with Crippen molar-refractivity contribution in [1.82, 2.24) is 9.78 Å². The summed E-state index contributed by atoms with van der Waals surface area (Å²) in [5, 5.41) is 4.26. The maximum absolute atomic E-state index is 11.1. The Morgan fingerprint density at radius 3 is 2.79 bits per heavy atom. The zero-order chi connectivity index (χ0) is 13.9. The van der Waals surface area contributed by atoms with Crippen molar-refractivity contribution in [3.63, 3.8) is 0 Å². The van der Waals surface area contributed by atoms with Gasteiger partial charge in [-0.15, -0.1) is 0 Å². The molecule has 0 bridgehead atoms. The molecule has 102 valence electrons. The van der Waals surface area contributed by atoms with Crippen LogP contribution in [0, 0.1) is 3.57 Å². The van der Waals surface area contributed by atoms with Crippen LogP contribution in [0.1, 0.15) is 6.42 Å². The van der Waals surface area contributed by atoms with Crippen LogP contribution in [0.3, 0.4) is 0 Å². The predicted octanol–water partition coefficient (Wildman–Crippen LogP) is 2.59. The average Bonchev–Trinajstić information content (AvgIpc) is 2.76. The number of hydrogen-bond donors (Lipinski definition) is 0. The van der Waals surface area contributed by atoms with Crippen LogP contribution in [0.5, 0.6) is 0 Å². The van der Waals surface area contributed by atoms with Crippen LogP contribution in [0.2, 0.25) is 0 Å². The van der Waals surface area contributed by atoms with Crippen LogP contribution in [-0.4, -0.2) is 30.2 Å². The normalized spacial score (nSPS) is 11.7. The number of benzene rings is 1. The third-order valence-electron chi connectivity index (χ3n) is 2.69. The largest absolute Gasteiger partial charge is 0.272 e. The van der Waals surface area contributed by atoms with E-state index in [1.807, 2.05) is 30.6 Å². The van der Waals surface area contributed by atoms with Crippen LogP contribution < -0.4 is 0 Å². The van der Waals surface area contributed by atoms with Crippen molar-refractivity contribution in [3.8, 4) is 11.1 Å². The first-order valence-corrected chi connectivity index (χ1v) is 9.04. The smallest absolute Gasteiger partial charge is 0.147 e. The Balaban J connectivity index is 2.03. The molecule has 0 unspecified atom stereocenters.